The number of carbonyl (C=O) groups is 1. The molecule has 2 rings (SSSR count). The normalized spacial score (nSPS) is 18.4. The van der Waals surface area contributed by atoms with Crippen molar-refractivity contribution in [2.75, 3.05) is 13.2 Å². The summed E-state index contributed by atoms with van der Waals surface area (Å²) in [5.74, 6) is 0.110. The lowest BCUT2D eigenvalue weighted by Gasteiger charge is -2.22. The fraction of sp³-hybridized carbons (Fsp3) is 0.588. The molecule has 116 valence electrons. The second-order valence-corrected chi connectivity index (χ2v) is 5.54. The van der Waals surface area contributed by atoms with Crippen molar-refractivity contribution < 1.29 is 9.53 Å². The van der Waals surface area contributed by atoms with Gasteiger partial charge in [0.1, 0.15) is 0 Å². The van der Waals surface area contributed by atoms with Gasteiger partial charge in [0.25, 0.3) is 0 Å². The number of hydrogen-bond acceptors (Lipinski definition) is 3. The highest BCUT2D eigenvalue weighted by Crippen LogP contribution is 2.11. The van der Waals surface area contributed by atoms with Crippen LogP contribution < -0.4 is 10.6 Å². The molecule has 1 saturated heterocycles. The summed E-state index contributed by atoms with van der Waals surface area (Å²) in [5, 5.41) is 6.32. The van der Waals surface area contributed by atoms with Gasteiger partial charge in [-0.3, -0.25) is 4.79 Å². The van der Waals surface area contributed by atoms with Gasteiger partial charge in [-0.2, -0.15) is 0 Å². The third-order valence-electron chi connectivity index (χ3n) is 3.80. The van der Waals surface area contributed by atoms with E-state index in [0.717, 1.165) is 43.5 Å². The van der Waals surface area contributed by atoms with E-state index in [4.69, 9.17) is 4.74 Å². The average molecular weight is 290 g/mol. The Kier molecular flexibility index (Phi) is 6.70. The van der Waals surface area contributed by atoms with Crippen LogP contribution in [-0.2, 0) is 22.7 Å². The third-order valence-corrected chi connectivity index (χ3v) is 3.80. The molecule has 1 aromatic carbocycles. The SMILES string of the molecule is CCCOCc1ccccc1CNC(=O)C1CCCCN1. The van der Waals surface area contributed by atoms with E-state index in [1.54, 1.807) is 0 Å². The highest BCUT2D eigenvalue weighted by molar-refractivity contribution is 5.81. The average Bonchev–Trinajstić information content (AvgIpc) is 2.54. The zero-order valence-corrected chi connectivity index (χ0v) is 12.9. The van der Waals surface area contributed by atoms with Gasteiger partial charge in [0.2, 0.25) is 5.91 Å². The van der Waals surface area contributed by atoms with Gasteiger partial charge >= 0.3 is 0 Å². The maximum absolute atomic E-state index is 12.1. The molecule has 4 nitrogen and oxygen atoms in total. The highest BCUT2D eigenvalue weighted by atomic mass is 16.5. The molecule has 1 aromatic rings. The molecule has 0 aromatic heterocycles. The Morgan fingerprint density at radius 3 is 2.86 bits per heavy atom. The van der Waals surface area contributed by atoms with E-state index in [1.165, 1.54) is 6.42 Å². The van der Waals surface area contributed by atoms with Crippen LogP contribution in [0.4, 0.5) is 0 Å². The second kappa shape index (κ2) is 8.80. The predicted octanol–water partition coefficient (Wildman–Crippen LogP) is 2.37. The van der Waals surface area contributed by atoms with Crippen LogP contribution in [0.5, 0.6) is 0 Å². The standard InChI is InChI=1S/C17H26N2O2/c1-2-11-21-13-15-8-4-3-7-14(15)12-19-17(20)16-9-5-6-10-18-16/h3-4,7-8,16,18H,2,5-6,9-13H2,1H3,(H,19,20). The van der Waals surface area contributed by atoms with E-state index >= 15 is 0 Å². The van der Waals surface area contributed by atoms with Crippen LogP contribution >= 0.6 is 0 Å². The van der Waals surface area contributed by atoms with Crippen LogP contribution in [-0.4, -0.2) is 25.1 Å². The summed E-state index contributed by atoms with van der Waals surface area (Å²) in [6, 6.07) is 8.11. The molecule has 1 heterocycles. The number of hydrogen-bond donors (Lipinski definition) is 2. The van der Waals surface area contributed by atoms with Crippen molar-refractivity contribution in [1.29, 1.82) is 0 Å². The molecule has 0 radical (unpaired) electrons. The minimum absolute atomic E-state index is 0.0257. The van der Waals surface area contributed by atoms with Gasteiger partial charge in [0, 0.05) is 13.2 Å². The number of nitrogens with one attached hydrogen (secondary N) is 2. The van der Waals surface area contributed by atoms with Crippen LogP contribution in [0.1, 0.15) is 43.7 Å². The Labute approximate surface area is 127 Å². The molecule has 0 aliphatic carbocycles. The molecule has 1 aliphatic heterocycles. The minimum atomic E-state index is -0.0257. The maximum atomic E-state index is 12.1. The topological polar surface area (TPSA) is 50.4 Å². The van der Waals surface area contributed by atoms with Gasteiger partial charge in [0.15, 0.2) is 0 Å². The largest absolute Gasteiger partial charge is 0.377 e. The summed E-state index contributed by atoms with van der Waals surface area (Å²) in [5.41, 5.74) is 2.29. The first-order valence-corrected chi connectivity index (χ1v) is 7.97. The van der Waals surface area contributed by atoms with E-state index in [0.29, 0.717) is 13.2 Å². The second-order valence-electron chi connectivity index (χ2n) is 5.54. The molecule has 1 unspecified atom stereocenters. The van der Waals surface area contributed by atoms with Gasteiger partial charge in [0.05, 0.1) is 12.6 Å². The Hall–Kier alpha value is -1.39. The first-order chi connectivity index (χ1) is 10.3. The molecule has 0 spiro atoms. The minimum Gasteiger partial charge on any atom is -0.377 e. The zero-order chi connectivity index (χ0) is 14.9. The fourth-order valence-electron chi connectivity index (χ4n) is 2.58. The lowest BCUT2D eigenvalue weighted by Crippen LogP contribution is -2.46. The number of rotatable bonds is 7. The lowest BCUT2D eigenvalue weighted by atomic mass is 10.0. The first-order valence-electron chi connectivity index (χ1n) is 7.97. The fourth-order valence-corrected chi connectivity index (χ4v) is 2.58. The van der Waals surface area contributed by atoms with E-state index < -0.39 is 0 Å². The van der Waals surface area contributed by atoms with Crippen molar-refractivity contribution in [3.05, 3.63) is 35.4 Å². The van der Waals surface area contributed by atoms with Crippen molar-refractivity contribution in [1.82, 2.24) is 10.6 Å². The number of amides is 1. The van der Waals surface area contributed by atoms with E-state index in [9.17, 15) is 4.79 Å². The monoisotopic (exact) mass is 290 g/mol. The first kappa shape index (κ1) is 16.0. The molecule has 0 bridgehead atoms. The third kappa shape index (κ3) is 5.14. The van der Waals surface area contributed by atoms with Crippen molar-refractivity contribution in [2.45, 2.75) is 51.8 Å². The smallest absolute Gasteiger partial charge is 0.237 e. The van der Waals surface area contributed by atoms with Crippen molar-refractivity contribution >= 4 is 5.91 Å². The molecule has 4 heteroatoms. The van der Waals surface area contributed by atoms with Crippen molar-refractivity contribution in [3.63, 3.8) is 0 Å². The molecular weight excluding hydrogens is 264 g/mol. The molecule has 1 atom stereocenters. The van der Waals surface area contributed by atoms with E-state index in [-0.39, 0.29) is 11.9 Å². The van der Waals surface area contributed by atoms with Crippen LogP contribution in [0.25, 0.3) is 0 Å². The number of ether oxygens (including phenoxy) is 1. The van der Waals surface area contributed by atoms with E-state index in [1.807, 2.05) is 12.1 Å². The maximum Gasteiger partial charge on any atom is 0.237 e. The Morgan fingerprint density at radius 2 is 2.14 bits per heavy atom. The summed E-state index contributed by atoms with van der Waals surface area (Å²) in [6.45, 7) is 5.00. The molecule has 2 N–H and O–H groups in total. The lowest BCUT2D eigenvalue weighted by molar-refractivity contribution is -0.123. The molecule has 1 fully saturated rings. The number of benzene rings is 1. The van der Waals surface area contributed by atoms with Gasteiger partial charge in [-0.15, -0.1) is 0 Å². The van der Waals surface area contributed by atoms with Crippen LogP contribution in [0.3, 0.4) is 0 Å². The summed E-state index contributed by atoms with van der Waals surface area (Å²) in [6.07, 6.45) is 4.26. The summed E-state index contributed by atoms with van der Waals surface area (Å²) >= 11 is 0. The van der Waals surface area contributed by atoms with Crippen molar-refractivity contribution in [3.8, 4) is 0 Å². The molecule has 1 aliphatic rings. The molecular formula is C17H26N2O2. The molecule has 21 heavy (non-hydrogen) atoms. The Bertz CT molecular complexity index is 442. The predicted molar refractivity (Wildman–Crippen MR) is 83.9 cm³/mol. The van der Waals surface area contributed by atoms with Gasteiger partial charge < -0.3 is 15.4 Å². The highest BCUT2D eigenvalue weighted by Gasteiger charge is 2.20. The molecule has 1 amide bonds. The summed E-state index contributed by atoms with van der Waals surface area (Å²) in [4.78, 5) is 12.1. The quantitative estimate of drug-likeness (QED) is 0.758. The number of carbonyl (C=O) groups excluding carboxylic acids is 1. The Balaban J connectivity index is 1.85. The van der Waals surface area contributed by atoms with Gasteiger partial charge in [-0.05, 0) is 36.9 Å². The number of piperidine rings is 1. The van der Waals surface area contributed by atoms with Gasteiger partial charge in [-0.1, -0.05) is 37.6 Å². The molecule has 0 saturated carbocycles. The summed E-state index contributed by atoms with van der Waals surface area (Å²) in [7, 11) is 0. The summed E-state index contributed by atoms with van der Waals surface area (Å²) < 4.78 is 5.61. The van der Waals surface area contributed by atoms with Crippen molar-refractivity contribution in [2.24, 2.45) is 0 Å². The Morgan fingerprint density at radius 1 is 1.33 bits per heavy atom. The zero-order valence-electron chi connectivity index (χ0n) is 12.9. The van der Waals surface area contributed by atoms with Gasteiger partial charge in [-0.25, -0.2) is 0 Å². The van der Waals surface area contributed by atoms with Crippen LogP contribution in [0.2, 0.25) is 0 Å². The van der Waals surface area contributed by atoms with Crippen LogP contribution in [0.15, 0.2) is 24.3 Å². The van der Waals surface area contributed by atoms with E-state index in [2.05, 4.69) is 29.7 Å². The van der Waals surface area contributed by atoms with Crippen LogP contribution in [0, 0.1) is 0 Å².